The summed E-state index contributed by atoms with van der Waals surface area (Å²) in [6.45, 7) is 1.74. The molecule has 2 aromatic carbocycles. The lowest BCUT2D eigenvalue weighted by Crippen LogP contribution is -2.30. The van der Waals surface area contributed by atoms with Crippen LogP contribution in [-0.2, 0) is 21.2 Å². The number of halogens is 2. The molecule has 1 N–H and O–H groups in total. The number of nitrogens with zero attached hydrogens (tertiary/aromatic N) is 1. The molecule has 1 aliphatic rings. The number of carbonyl (C=O) groups excluding carboxylic acids is 2. The number of carbonyl (C=O) groups is 2. The van der Waals surface area contributed by atoms with Crippen molar-refractivity contribution in [3.05, 3.63) is 64.4 Å². The molecule has 28 heavy (non-hydrogen) atoms. The topological polar surface area (TPSA) is 83.6 Å². The second-order valence-electron chi connectivity index (χ2n) is 6.54. The van der Waals surface area contributed by atoms with E-state index in [2.05, 4.69) is 5.32 Å². The average Bonchev–Trinajstić information content (AvgIpc) is 2.83. The largest absolute Gasteiger partial charge is 0.352 e. The van der Waals surface area contributed by atoms with Gasteiger partial charge in [-0.25, -0.2) is 17.1 Å². The van der Waals surface area contributed by atoms with Crippen LogP contribution in [0, 0.1) is 11.7 Å². The second kappa shape index (κ2) is 7.89. The van der Waals surface area contributed by atoms with Crippen molar-refractivity contribution in [1.82, 2.24) is 5.32 Å². The number of anilines is 1. The zero-order valence-corrected chi connectivity index (χ0v) is 16.6. The fourth-order valence-corrected chi connectivity index (χ4v) is 5.08. The molecule has 1 fully saturated rings. The molecule has 1 atom stereocenters. The first-order chi connectivity index (χ1) is 13.2. The molecule has 0 radical (unpaired) electrons. The van der Waals surface area contributed by atoms with E-state index >= 15 is 0 Å². The van der Waals surface area contributed by atoms with Crippen molar-refractivity contribution in [2.45, 2.75) is 13.3 Å². The van der Waals surface area contributed by atoms with Gasteiger partial charge in [0.05, 0.1) is 27.9 Å². The number of benzene rings is 2. The summed E-state index contributed by atoms with van der Waals surface area (Å²) in [5, 5.41) is 2.66. The quantitative estimate of drug-likeness (QED) is 0.800. The lowest BCUT2D eigenvalue weighted by Gasteiger charge is -2.16. The highest BCUT2D eigenvalue weighted by atomic mass is 35.5. The van der Waals surface area contributed by atoms with Gasteiger partial charge in [0.15, 0.2) is 0 Å². The summed E-state index contributed by atoms with van der Waals surface area (Å²) in [7, 11) is -3.75. The summed E-state index contributed by atoms with van der Waals surface area (Å²) in [6, 6.07) is 10.3. The van der Waals surface area contributed by atoms with E-state index in [0.717, 1.165) is 4.31 Å². The van der Waals surface area contributed by atoms with Crippen LogP contribution >= 0.6 is 11.6 Å². The van der Waals surface area contributed by atoms with Gasteiger partial charge < -0.3 is 5.32 Å². The van der Waals surface area contributed by atoms with Crippen LogP contribution in [0.25, 0.3) is 0 Å². The Hall–Kier alpha value is -2.45. The standard InChI is InChI=1S/C19H18ClFN2O4S/c1-12-11-28(26,27)23(19(12)25)14-6-7-15(16(20)10-14)18(24)22-9-8-13-4-2-3-5-17(13)21/h2-7,10,12H,8-9,11H2,1H3,(H,22,24)/t12-/m1/s1. The number of nitrogens with one attached hydrogen (secondary N) is 1. The first kappa shape index (κ1) is 20.3. The number of amides is 2. The van der Waals surface area contributed by atoms with Crippen LogP contribution in [0.2, 0.25) is 5.02 Å². The van der Waals surface area contributed by atoms with Gasteiger partial charge in [-0.15, -0.1) is 0 Å². The second-order valence-corrected chi connectivity index (χ2v) is 8.81. The predicted molar refractivity (Wildman–Crippen MR) is 104 cm³/mol. The minimum Gasteiger partial charge on any atom is -0.352 e. The molecular formula is C19H18ClFN2O4S. The van der Waals surface area contributed by atoms with Crippen LogP contribution < -0.4 is 9.62 Å². The Kier molecular flexibility index (Phi) is 5.71. The number of hydrogen-bond donors (Lipinski definition) is 1. The van der Waals surface area contributed by atoms with Gasteiger partial charge >= 0.3 is 0 Å². The summed E-state index contributed by atoms with van der Waals surface area (Å²) >= 11 is 6.15. The molecule has 0 spiro atoms. The maximum Gasteiger partial charge on any atom is 0.252 e. The molecule has 1 saturated heterocycles. The summed E-state index contributed by atoms with van der Waals surface area (Å²) in [4.78, 5) is 24.5. The van der Waals surface area contributed by atoms with Gasteiger partial charge in [0, 0.05) is 6.54 Å². The van der Waals surface area contributed by atoms with E-state index in [1.165, 1.54) is 24.3 Å². The normalized spacial score (nSPS) is 18.3. The molecule has 1 aliphatic heterocycles. The lowest BCUT2D eigenvalue weighted by molar-refractivity contribution is -0.119. The average molecular weight is 425 g/mol. The van der Waals surface area contributed by atoms with Crippen molar-refractivity contribution in [2.24, 2.45) is 5.92 Å². The van der Waals surface area contributed by atoms with Gasteiger partial charge in [0.25, 0.3) is 5.91 Å². The van der Waals surface area contributed by atoms with Crippen LogP contribution in [0.5, 0.6) is 0 Å². The van der Waals surface area contributed by atoms with E-state index in [4.69, 9.17) is 11.6 Å². The Bertz CT molecular complexity index is 1040. The Balaban J connectivity index is 1.71. The molecule has 3 rings (SSSR count). The number of rotatable bonds is 5. The predicted octanol–water partition coefficient (Wildman–Crippen LogP) is 2.76. The van der Waals surface area contributed by atoms with Crippen molar-refractivity contribution in [3.8, 4) is 0 Å². The monoisotopic (exact) mass is 424 g/mol. The minimum absolute atomic E-state index is 0.0171. The molecule has 2 amide bonds. The van der Waals surface area contributed by atoms with E-state index in [1.807, 2.05) is 0 Å². The van der Waals surface area contributed by atoms with Crippen molar-refractivity contribution in [3.63, 3.8) is 0 Å². The van der Waals surface area contributed by atoms with Crippen LogP contribution in [0.1, 0.15) is 22.8 Å². The van der Waals surface area contributed by atoms with Gasteiger partial charge in [-0.1, -0.05) is 36.7 Å². The van der Waals surface area contributed by atoms with E-state index in [-0.39, 0.29) is 34.4 Å². The highest BCUT2D eigenvalue weighted by Crippen LogP contribution is 2.31. The van der Waals surface area contributed by atoms with E-state index in [9.17, 15) is 22.4 Å². The van der Waals surface area contributed by atoms with Gasteiger partial charge in [0.2, 0.25) is 15.9 Å². The molecule has 0 bridgehead atoms. The maximum absolute atomic E-state index is 13.6. The van der Waals surface area contributed by atoms with E-state index < -0.39 is 27.8 Å². The maximum atomic E-state index is 13.6. The fourth-order valence-electron chi connectivity index (χ4n) is 3.01. The Morgan fingerprint density at radius 1 is 1.29 bits per heavy atom. The molecular weight excluding hydrogens is 407 g/mol. The van der Waals surface area contributed by atoms with Gasteiger partial charge in [0.1, 0.15) is 5.82 Å². The molecule has 6 nitrogen and oxygen atoms in total. The van der Waals surface area contributed by atoms with Crippen LogP contribution in [-0.4, -0.2) is 32.5 Å². The Morgan fingerprint density at radius 3 is 2.61 bits per heavy atom. The highest BCUT2D eigenvalue weighted by Gasteiger charge is 2.42. The van der Waals surface area contributed by atoms with E-state index in [1.54, 1.807) is 25.1 Å². The van der Waals surface area contributed by atoms with Gasteiger partial charge in [-0.05, 0) is 36.2 Å². The Morgan fingerprint density at radius 2 is 2.00 bits per heavy atom. The summed E-state index contributed by atoms with van der Waals surface area (Å²) in [5.74, 6) is -2.24. The molecule has 0 aromatic heterocycles. The molecule has 0 aliphatic carbocycles. The number of hydrogen-bond acceptors (Lipinski definition) is 4. The third-order valence-corrected chi connectivity index (χ3v) is 6.61. The lowest BCUT2D eigenvalue weighted by atomic mass is 10.1. The molecule has 148 valence electrons. The molecule has 9 heteroatoms. The van der Waals surface area contributed by atoms with Gasteiger partial charge in [-0.3, -0.25) is 9.59 Å². The first-order valence-electron chi connectivity index (χ1n) is 8.58. The van der Waals surface area contributed by atoms with Crippen LogP contribution in [0.3, 0.4) is 0 Å². The minimum atomic E-state index is -3.75. The fraction of sp³-hybridized carbons (Fsp3) is 0.263. The first-order valence-corrected chi connectivity index (χ1v) is 10.6. The van der Waals surface area contributed by atoms with Crippen molar-refractivity contribution in [1.29, 1.82) is 0 Å². The SMILES string of the molecule is C[C@@H]1CS(=O)(=O)N(c2ccc(C(=O)NCCc3ccccc3F)c(Cl)c2)C1=O. The third-order valence-electron chi connectivity index (χ3n) is 4.43. The Labute approximate surface area is 167 Å². The van der Waals surface area contributed by atoms with Crippen molar-refractivity contribution >= 4 is 39.1 Å². The van der Waals surface area contributed by atoms with Gasteiger partial charge in [-0.2, -0.15) is 0 Å². The van der Waals surface area contributed by atoms with Crippen LogP contribution in [0.15, 0.2) is 42.5 Å². The number of sulfonamides is 1. The third kappa shape index (κ3) is 4.02. The highest BCUT2D eigenvalue weighted by molar-refractivity contribution is 7.94. The smallest absolute Gasteiger partial charge is 0.252 e. The zero-order valence-electron chi connectivity index (χ0n) is 15.0. The molecule has 0 unspecified atom stereocenters. The summed E-state index contributed by atoms with van der Waals surface area (Å²) < 4.78 is 38.7. The molecule has 1 heterocycles. The van der Waals surface area contributed by atoms with E-state index in [0.29, 0.717) is 12.0 Å². The molecule has 0 saturated carbocycles. The zero-order chi connectivity index (χ0) is 20.5. The van der Waals surface area contributed by atoms with Crippen molar-refractivity contribution in [2.75, 3.05) is 16.6 Å². The summed E-state index contributed by atoms with van der Waals surface area (Å²) in [5.41, 5.74) is 0.717. The molecule has 2 aromatic rings. The summed E-state index contributed by atoms with van der Waals surface area (Å²) in [6.07, 6.45) is 0.312. The van der Waals surface area contributed by atoms with Crippen LogP contribution in [0.4, 0.5) is 10.1 Å². The van der Waals surface area contributed by atoms with Crippen molar-refractivity contribution < 1.29 is 22.4 Å².